The van der Waals surface area contributed by atoms with Gasteiger partial charge >= 0.3 is 0 Å². The minimum absolute atomic E-state index is 0.125. The topological polar surface area (TPSA) is 91.4 Å². The Balaban J connectivity index is 1.23. The zero-order valence-electron chi connectivity index (χ0n) is 17.0. The van der Waals surface area contributed by atoms with Crippen LogP contribution in [-0.4, -0.2) is 45.7 Å². The summed E-state index contributed by atoms with van der Waals surface area (Å²) >= 11 is 1.31. The van der Waals surface area contributed by atoms with Crippen molar-refractivity contribution in [1.82, 2.24) is 20.1 Å². The Kier molecular flexibility index (Phi) is 5.80. The second kappa shape index (κ2) is 9.19. The van der Waals surface area contributed by atoms with E-state index in [1.165, 1.54) is 11.8 Å². The van der Waals surface area contributed by atoms with Crippen LogP contribution in [0.15, 0.2) is 82.6 Å². The van der Waals surface area contributed by atoms with Gasteiger partial charge in [0, 0.05) is 5.69 Å². The second-order valence-electron chi connectivity index (χ2n) is 7.04. The van der Waals surface area contributed by atoms with Gasteiger partial charge in [-0.2, -0.15) is 0 Å². The fourth-order valence-corrected chi connectivity index (χ4v) is 4.09. The minimum Gasteiger partial charge on any atom is -0.486 e. The van der Waals surface area contributed by atoms with Crippen LogP contribution < -0.4 is 14.8 Å². The summed E-state index contributed by atoms with van der Waals surface area (Å²) in [6, 6.07) is 20.9. The molecule has 1 amide bonds. The van der Waals surface area contributed by atoms with Gasteiger partial charge in [-0.25, -0.2) is 0 Å². The highest BCUT2D eigenvalue weighted by Crippen LogP contribution is 2.31. The molecule has 1 atom stereocenters. The highest BCUT2D eigenvalue weighted by atomic mass is 32.2. The predicted molar refractivity (Wildman–Crippen MR) is 119 cm³/mol. The maximum absolute atomic E-state index is 12.5. The smallest absolute Gasteiger partial charge is 0.230 e. The summed E-state index contributed by atoms with van der Waals surface area (Å²) in [4.78, 5) is 12.5. The summed E-state index contributed by atoms with van der Waals surface area (Å²) in [6.07, 6.45) is 1.35. The number of benzene rings is 2. The lowest BCUT2D eigenvalue weighted by atomic mass is 10.2. The van der Waals surface area contributed by atoms with Crippen molar-refractivity contribution in [3.8, 4) is 28.8 Å². The summed E-state index contributed by atoms with van der Waals surface area (Å²) in [5, 5.41) is 12.1. The Morgan fingerprint density at radius 3 is 2.66 bits per heavy atom. The van der Waals surface area contributed by atoms with Crippen LogP contribution in [-0.2, 0) is 4.79 Å². The number of amides is 1. The molecule has 4 aromatic rings. The maximum Gasteiger partial charge on any atom is 0.230 e. The summed E-state index contributed by atoms with van der Waals surface area (Å²) < 4.78 is 19.0. The summed E-state index contributed by atoms with van der Waals surface area (Å²) in [7, 11) is 0. The van der Waals surface area contributed by atoms with E-state index in [9.17, 15) is 4.79 Å². The fourth-order valence-electron chi connectivity index (χ4n) is 3.31. The van der Waals surface area contributed by atoms with Gasteiger partial charge in [0.15, 0.2) is 22.4 Å². The molecule has 0 bridgehead atoms. The van der Waals surface area contributed by atoms with Gasteiger partial charge in [0.05, 0.1) is 18.6 Å². The molecule has 0 fully saturated rings. The van der Waals surface area contributed by atoms with E-state index in [2.05, 4.69) is 15.5 Å². The molecule has 162 valence electrons. The van der Waals surface area contributed by atoms with Crippen LogP contribution in [0, 0.1) is 0 Å². The molecule has 0 saturated heterocycles. The molecular formula is C23H20N4O4S. The third kappa shape index (κ3) is 4.33. The number of nitrogens with one attached hydrogen (secondary N) is 1. The number of carbonyl (C=O) groups is 1. The molecule has 1 aliphatic rings. The van der Waals surface area contributed by atoms with Crippen molar-refractivity contribution in [2.24, 2.45) is 0 Å². The molecular weight excluding hydrogens is 428 g/mol. The number of ether oxygens (including phenoxy) is 2. The number of fused-ring (bicyclic) bond motifs is 1. The number of carbonyl (C=O) groups excluding carboxylic acids is 1. The van der Waals surface area contributed by atoms with Crippen LogP contribution >= 0.6 is 11.8 Å². The van der Waals surface area contributed by atoms with E-state index in [-0.39, 0.29) is 17.8 Å². The number of rotatable bonds is 7. The molecule has 9 heteroatoms. The molecule has 2 aromatic heterocycles. The van der Waals surface area contributed by atoms with E-state index in [1.807, 2.05) is 65.2 Å². The number of hydrogen-bond donors (Lipinski definition) is 1. The van der Waals surface area contributed by atoms with E-state index in [4.69, 9.17) is 13.9 Å². The monoisotopic (exact) mass is 448 g/mol. The normalized spacial score (nSPS) is 14.8. The Morgan fingerprint density at radius 2 is 1.84 bits per heavy atom. The van der Waals surface area contributed by atoms with Gasteiger partial charge in [-0.05, 0) is 36.4 Å². The van der Waals surface area contributed by atoms with Gasteiger partial charge in [0.2, 0.25) is 11.7 Å². The molecule has 0 unspecified atom stereocenters. The Labute approximate surface area is 188 Å². The molecule has 0 radical (unpaired) electrons. The lowest BCUT2D eigenvalue weighted by Gasteiger charge is -2.26. The van der Waals surface area contributed by atoms with E-state index in [0.29, 0.717) is 35.6 Å². The first kappa shape index (κ1) is 20.2. The number of hydrogen-bond acceptors (Lipinski definition) is 7. The molecule has 0 spiro atoms. The van der Waals surface area contributed by atoms with E-state index in [0.717, 1.165) is 11.4 Å². The Morgan fingerprint density at radius 1 is 1.03 bits per heavy atom. The van der Waals surface area contributed by atoms with Crippen LogP contribution in [0.5, 0.6) is 11.5 Å². The molecule has 2 aromatic carbocycles. The number of thioether (sulfide) groups is 1. The third-order valence-electron chi connectivity index (χ3n) is 4.82. The van der Waals surface area contributed by atoms with Crippen LogP contribution in [0.1, 0.15) is 0 Å². The minimum atomic E-state index is -0.239. The average Bonchev–Trinajstić information content (AvgIpc) is 3.52. The van der Waals surface area contributed by atoms with Crippen LogP contribution in [0.3, 0.4) is 0 Å². The SMILES string of the molecule is O=C(CSc1nnc(-c2ccco2)n1-c1ccccc1)NC[C@@H]1COc2ccccc2O1. The van der Waals surface area contributed by atoms with Crippen molar-refractivity contribution in [2.75, 3.05) is 18.9 Å². The number of para-hydroxylation sites is 3. The van der Waals surface area contributed by atoms with E-state index in [1.54, 1.807) is 12.3 Å². The number of nitrogens with zero attached hydrogens (tertiary/aromatic N) is 3. The van der Waals surface area contributed by atoms with Gasteiger partial charge in [-0.15, -0.1) is 10.2 Å². The van der Waals surface area contributed by atoms with E-state index < -0.39 is 0 Å². The first-order valence-corrected chi connectivity index (χ1v) is 11.1. The average molecular weight is 449 g/mol. The quantitative estimate of drug-likeness (QED) is 0.432. The van der Waals surface area contributed by atoms with Gasteiger partial charge in [0.25, 0.3) is 0 Å². The van der Waals surface area contributed by atoms with Gasteiger partial charge < -0.3 is 19.2 Å². The fraction of sp³-hybridized carbons (Fsp3) is 0.174. The van der Waals surface area contributed by atoms with Crippen molar-refractivity contribution >= 4 is 17.7 Å². The molecule has 32 heavy (non-hydrogen) atoms. The van der Waals surface area contributed by atoms with Gasteiger partial charge in [-0.1, -0.05) is 42.1 Å². The highest BCUT2D eigenvalue weighted by Gasteiger charge is 2.22. The zero-order chi connectivity index (χ0) is 21.8. The van der Waals surface area contributed by atoms with Crippen molar-refractivity contribution in [3.05, 3.63) is 73.0 Å². The predicted octanol–water partition coefficient (Wildman–Crippen LogP) is 3.58. The largest absolute Gasteiger partial charge is 0.486 e. The Bertz CT molecular complexity index is 1190. The lowest BCUT2D eigenvalue weighted by Crippen LogP contribution is -2.41. The highest BCUT2D eigenvalue weighted by molar-refractivity contribution is 7.99. The lowest BCUT2D eigenvalue weighted by molar-refractivity contribution is -0.119. The van der Waals surface area contributed by atoms with E-state index >= 15 is 0 Å². The van der Waals surface area contributed by atoms with Crippen molar-refractivity contribution in [2.45, 2.75) is 11.3 Å². The van der Waals surface area contributed by atoms with Crippen molar-refractivity contribution in [3.63, 3.8) is 0 Å². The molecule has 3 heterocycles. The number of aromatic nitrogens is 3. The molecule has 8 nitrogen and oxygen atoms in total. The number of furan rings is 1. The summed E-state index contributed by atoms with van der Waals surface area (Å²) in [6.45, 7) is 0.746. The molecule has 1 N–H and O–H groups in total. The molecule has 1 aliphatic heterocycles. The first-order chi connectivity index (χ1) is 15.8. The standard InChI is InChI=1S/C23H20N4O4S/c28-21(24-13-17-14-30-18-9-4-5-10-19(18)31-17)15-32-23-26-25-22(20-11-6-12-29-20)27(23)16-7-2-1-3-8-16/h1-12,17H,13-15H2,(H,24,28)/t17-/m1/s1. The Hall–Kier alpha value is -3.72. The summed E-state index contributed by atoms with van der Waals surface area (Å²) in [5.74, 6) is 2.65. The van der Waals surface area contributed by atoms with Crippen molar-refractivity contribution < 1.29 is 18.7 Å². The maximum atomic E-state index is 12.5. The molecule has 0 aliphatic carbocycles. The van der Waals surface area contributed by atoms with Gasteiger partial charge in [-0.3, -0.25) is 9.36 Å². The molecule has 0 saturated carbocycles. The summed E-state index contributed by atoms with van der Waals surface area (Å²) in [5.41, 5.74) is 0.887. The third-order valence-corrected chi connectivity index (χ3v) is 5.75. The van der Waals surface area contributed by atoms with Crippen molar-refractivity contribution in [1.29, 1.82) is 0 Å². The zero-order valence-corrected chi connectivity index (χ0v) is 17.8. The van der Waals surface area contributed by atoms with Gasteiger partial charge in [0.1, 0.15) is 12.7 Å². The van der Waals surface area contributed by atoms with Crippen LogP contribution in [0.2, 0.25) is 0 Å². The molecule has 5 rings (SSSR count). The van der Waals surface area contributed by atoms with Crippen LogP contribution in [0.4, 0.5) is 0 Å². The second-order valence-corrected chi connectivity index (χ2v) is 7.99. The van der Waals surface area contributed by atoms with Crippen LogP contribution in [0.25, 0.3) is 17.3 Å². The first-order valence-electron chi connectivity index (χ1n) is 10.1.